The van der Waals surface area contributed by atoms with Gasteiger partial charge in [-0.3, -0.25) is 9.78 Å². The van der Waals surface area contributed by atoms with Gasteiger partial charge in [-0.05, 0) is 43.5 Å². The standard InChI is InChI=1S/C14H21N3O/c1-17(10-6-12-4-8-15-9-5-12)14(18)13-3-2-7-16-11-13/h4-5,8-9,13,16H,2-3,6-7,10-11H2,1H3/t13-/m1/s1. The lowest BCUT2D eigenvalue weighted by Gasteiger charge is -2.27. The molecule has 1 aromatic rings. The van der Waals surface area contributed by atoms with Gasteiger partial charge in [-0.15, -0.1) is 0 Å². The van der Waals surface area contributed by atoms with Crippen molar-refractivity contribution in [1.82, 2.24) is 15.2 Å². The number of carbonyl (C=O) groups excluding carboxylic acids is 1. The Kier molecular flexibility index (Phi) is 4.70. The molecule has 18 heavy (non-hydrogen) atoms. The van der Waals surface area contributed by atoms with Crippen molar-refractivity contribution in [3.05, 3.63) is 30.1 Å². The number of nitrogens with zero attached hydrogens (tertiary/aromatic N) is 2. The van der Waals surface area contributed by atoms with E-state index in [1.165, 1.54) is 5.56 Å². The second-order valence-electron chi connectivity index (χ2n) is 4.91. The highest BCUT2D eigenvalue weighted by molar-refractivity contribution is 5.78. The number of hydrogen-bond donors (Lipinski definition) is 1. The molecule has 0 aromatic carbocycles. The van der Waals surface area contributed by atoms with Gasteiger partial charge in [0.1, 0.15) is 0 Å². The molecular formula is C14H21N3O. The highest BCUT2D eigenvalue weighted by atomic mass is 16.2. The maximum absolute atomic E-state index is 12.2. The summed E-state index contributed by atoms with van der Waals surface area (Å²) in [5, 5.41) is 3.29. The Morgan fingerprint density at radius 3 is 2.94 bits per heavy atom. The molecule has 0 aliphatic carbocycles. The average Bonchev–Trinajstić information content (AvgIpc) is 2.46. The van der Waals surface area contributed by atoms with Crippen molar-refractivity contribution >= 4 is 5.91 Å². The van der Waals surface area contributed by atoms with E-state index in [9.17, 15) is 4.79 Å². The minimum Gasteiger partial charge on any atom is -0.345 e. The molecule has 1 N–H and O–H groups in total. The number of aromatic nitrogens is 1. The van der Waals surface area contributed by atoms with Crippen LogP contribution in [0.1, 0.15) is 18.4 Å². The molecule has 1 aliphatic heterocycles. The van der Waals surface area contributed by atoms with Gasteiger partial charge in [0.15, 0.2) is 0 Å². The number of hydrogen-bond acceptors (Lipinski definition) is 3. The molecule has 1 saturated heterocycles. The maximum Gasteiger partial charge on any atom is 0.226 e. The summed E-state index contributed by atoms with van der Waals surface area (Å²) in [4.78, 5) is 18.0. The van der Waals surface area contributed by atoms with Gasteiger partial charge in [-0.2, -0.15) is 0 Å². The average molecular weight is 247 g/mol. The van der Waals surface area contributed by atoms with E-state index in [1.807, 2.05) is 24.1 Å². The van der Waals surface area contributed by atoms with Crippen molar-refractivity contribution in [3.63, 3.8) is 0 Å². The van der Waals surface area contributed by atoms with E-state index >= 15 is 0 Å². The van der Waals surface area contributed by atoms with Gasteiger partial charge in [0.25, 0.3) is 0 Å². The number of amides is 1. The molecule has 1 fully saturated rings. The molecule has 0 spiro atoms. The summed E-state index contributed by atoms with van der Waals surface area (Å²) in [6.45, 7) is 2.66. The number of carbonyl (C=O) groups is 1. The number of piperidine rings is 1. The van der Waals surface area contributed by atoms with Crippen LogP contribution in [0.3, 0.4) is 0 Å². The molecule has 4 heteroatoms. The third-order valence-electron chi connectivity index (χ3n) is 3.51. The van der Waals surface area contributed by atoms with E-state index < -0.39 is 0 Å². The number of pyridine rings is 1. The summed E-state index contributed by atoms with van der Waals surface area (Å²) < 4.78 is 0. The monoisotopic (exact) mass is 247 g/mol. The molecule has 1 aromatic heterocycles. The summed E-state index contributed by atoms with van der Waals surface area (Å²) >= 11 is 0. The van der Waals surface area contributed by atoms with Crippen LogP contribution in [0.25, 0.3) is 0 Å². The molecule has 2 heterocycles. The first-order valence-electron chi connectivity index (χ1n) is 6.62. The first-order valence-corrected chi connectivity index (χ1v) is 6.62. The summed E-state index contributed by atoms with van der Waals surface area (Å²) in [7, 11) is 1.90. The molecule has 0 radical (unpaired) electrons. The van der Waals surface area contributed by atoms with E-state index in [4.69, 9.17) is 0 Å². The van der Waals surface area contributed by atoms with Gasteiger partial charge < -0.3 is 10.2 Å². The maximum atomic E-state index is 12.2. The van der Waals surface area contributed by atoms with Crippen LogP contribution in [-0.2, 0) is 11.2 Å². The largest absolute Gasteiger partial charge is 0.345 e. The fourth-order valence-corrected chi connectivity index (χ4v) is 2.33. The summed E-state index contributed by atoms with van der Waals surface area (Å²) in [6.07, 6.45) is 6.61. The number of rotatable bonds is 4. The zero-order valence-electron chi connectivity index (χ0n) is 10.9. The lowest BCUT2D eigenvalue weighted by Crippen LogP contribution is -2.42. The van der Waals surface area contributed by atoms with Crippen molar-refractivity contribution in [2.45, 2.75) is 19.3 Å². The second kappa shape index (κ2) is 6.50. The molecule has 0 saturated carbocycles. The predicted molar refractivity (Wildman–Crippen MR) is 71.2 cm³/mol. The van der Waals surface area contributed by atoms with Gasteiger partial charge in [0.2, 0.25) is 5.91 Å². The SMILES string of the molecule is CN(CCc1ccncc1)C(=O)[C@@H]1CCCNC1. The van der Waals surface area contributed by atoms with E-state index in [0.717, 1.165) is 38.9 Å². The first kappa shape index (κ1) is 13.0. The van der Waals surface area contributed by atoms with Crippen molar-refractivity contribution in [3.8, 4) is 0 Å². The minimum atomic E-state index is 0.168. The fourth-order valence-electron chi connectivity index (χ4n) is 2.33. The Bertz CT molecular complexity index is 374. The van der Waals surface area contributed by atoms with Crippen LogP contribution in [0.5, 0.6) is 0 Å². The quantitative estimate of drug-likeness (QED) is 0.866. The topological polar surface area (TPSA) is 45.2 Å². The Morgan fingerprint density at radius 2 is 2.28 bits per heavy atom. The predicted octanol–water partition coefficient (Wildman–Crippen LogP) is 1.08. The minimum absolute atomic E-state index is 0.168. The molecule has 2 rings (SSSR count). The zero-order valence-corrected chi connectivity index (χ0v) is 10.9. The van der Waals surface area contributed by atoms with E-state index in [1.54, 1.807) is 12.4 Å². The van der Waals surface area contributed by atoms with Crippen LogP contribution in [0.2, 0.25) is 0 Å². The van der Waals surface area contributed by atoms with Crippen LogP contribution in [0, 0.1) is 5.92 Å². The van der Waals surface area contributed by atoms with Crippen LogP contribution in [0.4, 0.5) is 0 Å². The Hall–Kier alpha value is -1.42. The molecule has 98 valence electrons. The first-order chi connectivity index (χ1) is 8.77. The lowest BCUT2D eigenvalue weighted by molar-refractivity contribution is -0.134. The molecule has 4 nitrogen and oxygen atoms in total. The zero-order chi connectivity index (χ0) is 12.8. The van der Waals surface area contributed by atoms with Crippen molar-refractivity contribution in [2.24, 2.45) is 5.92 Å². The molecule has 1 amide bonds. The van der Waals surface area contributed by atoms with E-state index in [-0.39, 0.29) is 11.8 Å². The van der Waals surface area contributed by atoms with Crippen molar-refractivity contribution in [2.75, 3.05) is 26.7 Å². The van der Waals surface area contributed by atoms with E-state index in [0.29, 0.717) is 0 Å². The van der Waals surface area contributed by atoms with Crippen molar-refractivity contribution in [1.29, 1.82) is 0 Å². The van der Waals surface area contributed by atoms with Crippen LogP contribution in [0.15, 0.2) is 24.5 Å². The van der Waals surface area contributed by atoms with Gasteiger partial charge in [-0.1, -0.05) is 0 Å². The van der Waals surface area contributed by atoms with Crippen LogP contribution < -0.4 is 5.32 Å². The van der Waals surface area contributed by atoms with Gasteiger partial charge in [-0.25, -0.2) is 0 Å². The highest BCUT2D eigenvalue weighted by Gasteiger charge is 2.23. The number of likely N-dealkylation sites (N-methyl/N-ethyl adjacent to an activating group) is 1. The van der Waals surface area contributed by atoms with Crippen LogP contribution >= 0.6 is 0 Å². The second-order valence-corrected chi connectivity index (χ2v) is 4.91. The summed E-state index contributed by atoms with van der Waals surface area (Å²) in [6, 6.07) is 4.00. The molecular weight excluding hydrogens is 226 g/mol. The fraction of sp³-hybridized carbons (Fsp3) is 0.571. The summed E-state index contributed by atoms with van der Waals surface area (Å²) in [5.41, 5.74) is 1.23. The summed E-state index contributed by atoms with van der Waals surface area (Å²) in [5.74, 6) is 0.442. The van der Waals surface area contributed by atoms with E-state index in [2.05, 4.69) is 10.3 Å². The molecule has 0 unspecified atom stereocenters. The Morgan fingerprint density at radius 1 is 1.50 bits per heavy atom. The third kappa shape index (κ3) is 3.53. The van der Waals surface area contributed by atoms with Gasteiger partial charge in [0, 0.05) is 32.5 Å². The van der Waals surface area contributed by atoms with Crippen molar-refractivity contribution < 1.29 is 4.79 Å². The molecule has 1 aliphatic rings. The number of nitrogens with one attached hydrogen (secondary N) is 1. The molecule has 1 atom stereocenters. The highest BCUT2D eigenvalue weighted by Crippen LogP contribution is 2.13. The lowest BCUT2D eigenvalue weighted by atomic mass is 9.98. The smallest absolute Gasteiger partial charge is 0.226 e. The van der Waals surface area contributed by atoms with Gasteiger partial charge in [0.05, 0.1) is 5.92 Å². The Labute approximate surface area is 108 Å². The Balaban J connectivity index is 1.80. The van der Waals surface area contributed by atoms with Crippen LogP contribution in [-0.4, -0.2) is 42.5 Å². The normalized spacial score (nSPS) is 19.5. The molecule has 0 bridgehead atoms. The third-order valence-corrected chi connectivity index (χ3v) is 3.51. The van der Waals surface area contributed by atoms with Gasteiger partial charge >= 0.3 is 0 Å².